The summed E-state index contributed by atoms with van der Waals surface area (Å²) in [4.78, 5) is 8.51. The molecular formula is C12H21N3O2S. The minimum Gasteiger partial charge on any atom is -0.478 e. The summed E-state index contributed by atoms with van der Waals surface area (Å²) in [5.74, 6) is 2.41. The SMILES string of the molecule is CCCOc1cc(C)nc(NCCS(=O)CC)n1. The third-order valence-corrected chi connectivity index (χ3v) is 3.52. The largest absolute Gasteiger partial charge is 0.478 e. The second-order valence-corrected chi connectivity index (χ2v) is 5.74. The standard InChI is InChI=1S/C12H21N3O2S/c1-4-7-17-11-9-10(3)14-12(15-11)13-6-8-18(16)5-2/h9H,4-8H2,1-3H3,(H,13,14,15). The van der Waals surface area contributed by atoms with Gasteiger partial charge in [-0.1, -0.05) is 13.8 Å². The molecule has 0 amide bonds. The Bertz CT molecular complexity index is 399. The van der Waals surface area contributed by atoms with Gasteiger partial charge in [-0.15, -0.1) is 0 Å². The van der Waals surface area contributed by atoms with E-state index < -0.39 is 10.8 Å². The van der Waals surface area contributed by atoms with E-state index in [0.717, 1.165) is 12.1 Å². The summed E-state index contributed by atoms with van der Waals surface area (Å²) in [5, 5.41) is 3.07. The van der Waals surface area contributed by atoms with Crippen molar-refractivity contribution in [1.82, 2.24) is 9.97 Å². The monoisotopic (exact) mass is 271 g/mol. The van der Waals surface area contributed by atoms with Gasteiger partial charge in [0.05, 0.1) is 6.61 Å². The Kier molecular flexibility index (Phi) is 6.64. The minimum atomic E-state index is -0.765. The van der Waals surface area contributed by atoms with Crippen LogP contribution in [0, 0.1) is 6.92 Å². The highest BCUT2D eigenvalue weighted by atomic mass is 32.2. The van der Waals surface area contributed by atoms with E-state index in [4.69, 9.17) is 4.74 Å². The third-order valence-electron chi connectivity index (χ3n) is 2.22. The topological polar surface area (TPSA) is 64.1 Å². The Morgan fingerprint density at radius 2 is 2.17 bits per heavy atom. The van der Waals surface area contributed by atoms with Crippen molar-refractivity contribution in [3.8, 4) is 5.88 Å². The molecule has 1 N–H and O–H groups in total. The Morgan fingerprint density at radius 3 is 2.83 bits per heavy atom. The van der Waals surface area contributed by atoms with E-state index in [0.29, 0.717) is 36.5 Å². The molecule has 1 heterocycles. The maximum Gasteiger partial charge on any atom is 0.226 e. The van der Waals surface area contributed by atoms with E-state index in [1.165, 1.54) is 0 Å². The molecule has 6 heteroatoms. The van der Waals surface area contributed by atoms with Crippen molar-refractivity contribution in [2.45, 2.75) is 27.2 Å². The Balaban J connectivity index is 2.54. The van der Waals surface area contributed by atoms with Crippen molar-refractivity contribution < 1.29 is 8.95 Å². The number of rotatable bonds is 8. The van der Waals surface area contributed by atoms with Crippen LogP contribution in [0.5, 0.6) is 5.88 Å². The van der Waals surface area contributed by atoms with Gasteiger partial charge in [-0.25, -0.2) is 4.98 Å². The first-order valence-electron chi connectivity index (χ1n) is 6.23. The Hall–Kier alpha value is -1.17. The van der Waals surface area contributed by atoms with Crippen LogP contribution < -0.4 is 10.1 Å². The highest BCUT2D eigenvalue weighted by Gasteiger charge is 2.03. The molecule has 0 bridgehead atoms. The summed E-state index contributed by atoms with van der Waals surface area (Å²) in [6.45, 7) is 7.12. The van der Waals surface area contributed by atoms with Gasteiger partial charge in [-0.05, 0) is 13.3 Å². The van der Waals surface area contributed by atoms with Crippen molar-refractivity contribution >= 4 is 16.7 Å². The van der Waals surface area contributed by atoms with Gasteiger partial charge in [0, 0.05) is 40.6 Å². The van der Waals surface area contributed by atoms with Crippen LogP contribution in [-0.4, -0.2) is 38.8 Å². The molecule has 1 aromatic rings. The molecule has 0 saturated heterocycles. The quantitative estimate of drug-likeness (QED) is 0.780. The lowest BCUT2D eigenvalue weighted by Crippen LogP contribution is -2.14. The predicted octanol–water partition coefficient (Wildman–Crippen LogP) is 1.75. The molecule has 1 aromatic heterocycles. The van der Waals surface area contributed by atoms with Crippen LogP contribution in [0.4, 0.5) is 5.95 Å². The van der Waals surface area contributed by atoms with Crippen molar-refractivity contribution in [3.05, 3.63) is 11.8 Å². The van der Waals surface area contributed by atoms with E-state index in [1.807, 2.05) is 26.8 Å². The minimum absolute atomic E-state index is 0.536. The van der Waals surface area contributed by atoms with Gasteiger partial charge in [0.25, 0.3) is 0 Å². The van der Waals surface area contributed by atoms with Gasteiger partial charge < -0.3 is 10.1 Å². The van der Waals surface area contributed by atoms with Gasteiger partial charge in [0.15, 0.2) is 0 Å². The number of nitrogens with one attached hydrogen (secondary N) is 1. The maximum absolute atomic E-state index is 11.3. The van der Waals surface area contributed by atoms with Crippen LogP contribution in [0.2, 0.25) is 0 Å². The fraction of sp³-hybridized carbons (Fsp3) is 0.667. The van der Waals surface area contributed by atoms with Crippen LogP contribution in [0.15, 0.2) is 6.07 Å². The van der Waals surface area contributed by atoms with Crippen LogP contribution >= 0.6 is 0 Å². The van der Waals surface area contributed by atoms with Crippen LogP contribution in [0.25, 0.3) is 0 Å². The molecule has 0 aliphatic rings. The molecule has 0 aliphatic carbocycles. The molecule has 5 nitrogen and oxygen atoms in total. The number of aromatic nitrogens is 2. The number of nitrogens with zero attached hydrogens (tertiary/aromatic N) is 2. The Labute approximate surface area is 111 Å². The smallest absolute Gasteiger partial charge is 0.226 e. The summed E-state index contributed by atoms with van der Waals surface area (Å²) in [5.41, 5.74) is 0.857. The second-order valence-electron chi connectivity index (χ2n) is 3.88. The highest BCUT2D eigenvalue weighted by Crippen LogP contribution is 2.11. The Morgan fingerprint density at radius 1 is 1.39 bits per heavy atom. The van der Waals surface area contributed by atoms with Crippen molar-refractivity contribution in [2.75, 3.05) is 30.0 Å². The van der Waals surface area contributed by atoms with Crippen LogP contribution in [-0.2, 0) is 10.8 Å². The van der Waals surface area contributed by atoms with Gasteiger partial charge in [0.2, 0.25) is 11.8 Å². The summed E-state index contributed by atoms with van der Waals surface area (Å²) < 4.78 is 16.8. The van der Waals surface area contributed by atoms with Gasteiger partial charge in [-0.3, -0.25) is 4.21 Å². The molecule has 18 heavy (non-hydrogen) atoms. The summed E-state index contributed by atoms with van der Waals surface area (Å²) in [6.07, 6.45) is 0.946. The first kappa shape index (κ1) is 14.9. The van der Waals surface area contributed by atoms with Gasteiger partial charge in [0.1, 0.15) is 0 Å². The molecular weight excluding hydrogens is 250 g/mol. The molecule has 0 radical (unpaired) electrons. The molecule has 0 spiro atoms. The molecule has 102 valence electrons. The predicted molar refractivity (Wildman–Crippen MR) is 74.6 cm³/mol. The summed E-state index contributed by atoms with van der Waals surface area (Å²) in [6, 6.07) is 1.81. The molecule has 0 saturated carbocycles. The lowest BCUT2D eigenvalue weighted by Gasteiger charge is -2.08. The zero-order chi connectivity index (χ0) is 13.4. The fourth-order valence-corrected chi connectivity index (χ4v) is 1.94. The summed E-state index contributed by atoms with van der Waals surface area (Å²) >= 11 is 0. The maximum atomic E-state index is 11.3. The van der Waals surface area contributed by atoms with Gasteiger partial charge in [-0.2, -0.15) is 4.98 Å². The van der Waals surface area contributed by atoms with Crippen LogP contribution in [0.1, 0.15) is 26.0 Å². The van der Waals surface area contributed by atoms with E-state index in [1.54, 1.807) is 0 Å². The van der Waals surface area contributed by atoms with Crippen molar-refractivity contribution in [1.29, 1.82) is 0 Å². The molecule has 0 fully saturated rings. The highest BCUT2D eigenvalue weighted by molar-refractivity contribution is 7.84. The van der Waals surface area contributed by atoms with E-state index in [2.05, 4.69) is 15.3 Å². The first-order chi connectivity index (χ1) is 8.65. The molecule has 1 unspecified atom stereocenters. The zero-order valence-electron chi connectivity index (χ0n) is 11.2. The fourth-order valence-electron chi connectivity index (χ4n) is 1.32. The van der Waals surface area contributed by atoms with Crippen LogP contribution in [0.3, 0.4) is 0 Å². The number of ether oxygens (including phenoxy) is 1. The molecule has 0 aromatic carbocycles. The molecule has 1 atom stereocenters. The van der Waals surface area contributed by atoms with E-state index in [-0.39, 0.29) is 0 Å². The van der Waals surface area contributed by atoms with Crippen molar-refractivity contribution in [2.24, 2.45) is 0 Å². The zero-order valence-corrected chi connectivity index (χ0v) is 12.0. The molecule has 0 aliphatic heterocycles. The van der Waals surface area contributed by atoms with E-state index >= 15 is 0 Å². The van der Waals surface area contributed by atoms with Crippen molar-refractivity contribution in [3.63, 3.8) is 0 Å². The second kappa shape index (κ2) is 8.02. The number of hydrogen-bond acceptors (Lipinski definition) is 5. The normalized spacial score (nSPS) is 12.2. The number of hydrogen-bond donors (Lipinski definition) is 1. The third kappa shape index (κ3) is 5.44. The lowest BCUT2D eigenvalue weighted by molar-refractivity contribution is 0.305. The lowest BCUT2D eigenvalue weighted by atomic mass is 10.4. The molecule has 1 rings (SSSR count). The number of aryl methyl sites for hydroxylation is 1. The van der Waals surface area contributed by atoms with E-state index in [9.17, 15) is 4.21 Å². The number of anilines is 1. The first-order valence-corrected chi connectivity index (χ1v) is 7.71. The average molecular weight is 271 g/mol. The average Bonchev–Trinajstić information content (AvgIpc) is 2.35. The van der Waals surface area contributed by atoms with Gasteiger partial charge >= 0.3 is 0 Å². The summed E-state index contributed by atoms with van der Waals surface area (Å²) in [7, 11) is -0.765.